The van der Waals surface area contributed by atoms with Gasteiger partial charge in [-0.2, -0.15) is 0 Å². The summed E-state index contributed by atoms with van der Waals surface area (Å²) in [4.78, 5) is 4.96. The zero-order valence-corrected chi connectivity index (χ0v) is 17.0. The topological polar surface area (TPSA) is 45.2 Å². The number of rotatable bonds is 9. The van der Waals surface area contributed by atoms with E-state index >= 15 is 0 Å². The van der Waals surface area contributed by atoms with Crippen molar-refractivity contribution in [2.75, 3.05) is 40.0 Å². The summed E-state index contributed by atoms with van der Waals surface area (Å²) in [6.45, 7) is 7.66. The Morgan fingerprint density at radius 1 is 1.04 bits per heavy atom. The molecule has 0 spiro atoms. The third-order valence-electron chi connectivity index (χ3n) is 5.36. The van der Waals surface area contributed by atoms with Crippen molar-refractivity contribution >= 4 is 0 Å². The third kappa shape index (κ3) is 5.47. The fraction of sp³-hybridized carbons (Fsp3) is 0.478. The Labute approximate surface area is 168 Å². The lowest BCUT2D eigenvalue weighted by atomic mass is 10.1. The van der Waals surface area contributed by atoms with Gasteiger partial charge in [-0.15, -0.1) is 0 Å². The second-order valence-electron chi connectivity index (χ2n) is 7.26. The lowest BCUT2D eigenvalue weighted by molar-refractivity contribution is 0.0494. The van der Waals surface area contributed by atoms with E-state index in [1.165, 1.54) is 11.1 Å². The first-order chi connectivity index (χ1) is 13.7. The van der Waals surface area contributed by atoms with E-state index in [0.29, 0.717) is 12.6 Å². The van der Waals surface area contributed by atoms with Crippen LogP contribution in [-0.2, 0) is 13.1 Å². The SMILES string of the molecule is CCOc1ccccc1CN1CCN(Cc2ccc(OC)cc2)C[C@H]1CCO. The van der Waals surface area contributed by atoms with Crippen molar-refractivity contribution in [1.82, 2.24) is 9.80 Å². The van der Waals surface area contributed by atoms with E-state index in [1.54, 1.807) is 7.11 Å². The second-order valence-corrected chi connectivity index (χ2v) is 7.26. The van der Waals surface area contributed by atoms with Gasteiger partial charge in [0.25, 0.3) is 0 Å². The summed E-state index contributed by atoms with van der Waals surface area (Å²) in [5.41, 5.74) is 2.51. The molecule has 1 aliphatic heterocycles. The molecule has 0 amide bonds. The summed E-state index contributed by atoms with van der Waals surface area (Å²) in [5.74, 6) is 1.85. The summed E-state index contributed by atoms with van der Waals surface area (Å²) in [6, 6.07) is 16.9. The van der Waals surface area contributed by atoms with Crippen LogP contribution in [-0.4, -0.2) is 60.9 Å². The van der Waals surface area contributed by atoms with E-state index in [0.717, 1.165) is 50.6 Å². The summed E-state index contributed by atoms with van der Waals surface area (Å²) in [6.07, 6.45) is 0.788. The van der Waals surface area contributed by atoms with Crippen LogP contribution in [0, 0.1) is 0 Å². The van der Waals surface area contributed by atoms with Gasteiger partial charge in [-0.1, -0.05) is 30.3 Å². The standard InChI is InChI=1S/C23H32N2O3/c1-3-28-23-7-5-4-6-20(23)17-25-14-13-24(18-21(25)12-15-26)16-19-8-10-22(27-2)11-9-19/h4-11,21,26H,3,12-18H2,1-2H3/t21-/m1/s1. The van der Waals surface area contributed by atoms with Crippen LogP contribution in [0.4, 0.5) is 0 Å². The van der Waals surface area contributed by atoms with Crippen molar-refractivity contribution in [3.63, 3.8) is 0 Å². The minimum absolute atomic E-state index is 0.213. The quantitative estimate of drug-likeness (QED) is 0.720. The molecule has 2 aromatic carbocycles. The predicted octanol–water partition coefficient (Wildman–Crippen LogP) is 3.16. The average Bonchev–Trinajstić information content (AvgIpc) is 2.72. The first kappa shape index (κ1) is 20.6. The van der Waals surface area contributed by atoms with Crippen molar-refractivity contribution in [1.29, 1.82) is 0 Å². The number of hydrogen-bond acceptors (Lipinski definition) is 5. The average molecular weight is 385 g/mol. The van der Waals surface area contributed by atoms with E-state index in [2.05, 4.69) is 34.1 Å². The van der Waals surface area contributed by atoms with Crippen molar-refractivity contribution in [3.05, 3.63) is 59.7 Å². The first-order valence-corrected chi connectivity index (χ1v) is 10.1. The highest BCUT2D eigenvalue weighted by Crippen LogP contribution is 2.24. The van der Waals surface area contributed by atoms with Crippen LogP contribution in [0.2, 0.25) is 0 Å². The highest BCUT2D eigenvalue weighted by molar-refractivity contribution is 5.33. The Kier molecular flexibility index (Phi) is 7.71. The Balaban J connectivity index is 1.63. The van der Waals surface area contributed by atoms with Gasteiger partial charge in [-0.05, 0) is 37.1 Å². The van der Waals surface area contributed by atoms with Gasteiger partial charge < -0.3 is 14.6 Å². The normalized spacial score (nSPS) is 18.2. The maximum Gasteiger partial charge on any atom is 0.123 e. The van der Waals surface area contributed by atoms with Gasteiger partial charge in [0, 0.05) is 50.9 Å². The number of benzene rings is 2. The molecule has 0 unspecified atom stereocenters. The number of piperazine rings is 1. The molecule has 0 aliphatic carbocycles. The molecule has 2 aromatic rings. The van der Waals surface area contributed by atoms with Gasteiger partial charge in [0.15, 0.2) is 0 Å². The third-order valence-corrected chi connectivity index (χ3v) is 5.36. The number of methoxy groups -OCH3 is 1. The molecule has 0 bridgehead atoms. The number of aliphatic hydroxyl groups is 1. The van der Waals surface area contributed by atoms with Crippen LogP contribution >= 0.6 is 0 Å². The molecule has 3 rings (SSSR count). The monoisotopic (exact) mass is 384 g/mol. The van der Waals surface area contributed by atoms with Gasteiger partial charge in [0.2, 0.25) is 0 Å². The molecule has 5 nitrogen and oxygen atoms in total. The molecule has 28 heavy (non-hydrogen) atoms. The molecule has 0 saturated carbocycles. The maximum absolute atomic E-state index is 9.59. The number of hydrogen-bond donors (Lipinski definition) is 1. The van der Waals surface area contributed by atoms with Crippen LogP contribution in [0.15, 0.2) is 48.5 Å². The number of ether oxygens (including phenoxy) is 2. The number of nitrogens with zero attached hydrogens (tertiary/aromatic N) is 2. The summed E-state index contributed by atoms with van der Waals surface area (Å²) in [7, 11) is 1.69. The van der Waals surface area contributed by atoms with E-state index in [9.17, 15) is 5.11 Å². The van der Waals surface area contributed by atoms with Crippen LogP contribution in [0.3, 0.4) is 0 Å². The maximum atomic E-state index is 9.59. The van der Waals surface area contributed by atoms with Crippen molar-refractivity contribution in [2.45, 2.75) is 32.5 Å². The molecular formula is C23H32N2O3. The Morgan fingerprint density at radius 3 is 2.54 bits per heavy atom. The molecule has 1 aliphatic rings. The minimum Gasteiger partial charge on any atom is -0.497 e. The Morgan fingerprint density at radius 2 is 1.82 bits per heavy atom. The van der Waals surface area contributed by atoms with Gasteiger partial charge >= 0.3 is 0 Å². The van der Waals surface area contributed by atoms with Crippen LogP contribution < -0.4 is 9.47 Å². The number of aliphatic hydroxyl groups excluding tert-OH is 1. The van der Waals surface area contributed by atoms with Crippen LogP contribution in [0.25, 0.3) is 0 Å². The van der Waals surface area contributed by atoms with Gasteiger partial charge in [0.1, 0.15) is 11.5 Å². The second kappa shape index (κ2) is 10.5. The summed E-state index contributed by atoms with van der Waals surface area (Å²) >= 11 is 0. The summed E-state index contributed by atoms with van der Waals surface area (Å²) < 4.78 is 11.0. The fourth-order valence-corrected chi connectivity index (χ4v) is 3.87. The molecule has 0 radical (unpaired) electrons. The van der Waals surface area contributed by atoms with Gasteiger partial charge in [-0.3, -0.25) is 9.80 Å². The van der Waals surface area contributed by atoms with Crippen molar-refractivity contribution in [3.8, 4) is 11.5 Å². The molecule has 5 heteroatoms. The molecule has 0 aromatic heterocycles. The fourth-order valence-electron chi connectivity index (χ4n) is 3.87. The van der Waals surface area contributed by atoms with E-state index < -0.39 is 0 Å². The summed E-state index contributed by atoms with van der Waals surface area (Å²) in [5, 5.41) is 9.59. The largest absolute Gasteiger partial charge is 0.497 e. The van der Waals surface area contributed by atoms with E-state index in [-0.39, 0.29) is 6.61 Å². The lowest BCUT2D eigenvalue weighted by Crippen LogP contribution is -2.52. The molecule has 152 valence electrons. The van der Waals surface area contributed by atoms with Gasteiger partial charge in [0.05, 0.1) is 13.7 Å². The lowest BCUT2D eigenvalue weighted by Gasteiger charge is -2.41. The molecule has 1 atom stereocenters. The van der Waals surface area contributed by atoms with Crippen LogP contribution in [0.1, 0.15) is 24.5 Å². The zero-order valence-electron chi connectivity index (χ0n) is 17.0. The number of para-hydroxylation sites is 1. The van der Waals surface area contributed by atoms with Crippen LogP contribution in [0.5, 0.6) is 11.5 Å². The molecule has 1 fully saturated rings. The van der Waals surface area contributed by atoms with E-state index in [1.807, 2.05) is 31.2 Å². The molecule has 1 N–H and O–H groups in total. The highest BCUT2D eigenvalue weighted by atomic mass is 16.5. The van der Waals surface area contributed by atoms with Crippen molar-refractivity contribution in [2.24, 2.45) is 0 Å². The van der Waals surface area contributed by atoms with E-state index in [4.69, 9.17) is 9.47 Å². The van der Waals surface area contributed by atoms with Crippen molar-refractivity contribution < 1.29 is 14.6 Å². The Bertz CT molecular complexity index is 720. The molecule has 1 saturated heterocycles. The molecule has 1 heterocycles. The van der Waals surface area contributed by atoms with Gasteiger partial charge in [-0.25, -0.2) is 0 Å². The zero-order chi connectivity index (χ0) is 19.8. The predicted molar refractivity (Wildman–Crippen MR) is 112 cm³/mol. The minimum atomic E-state index is 0.213. The Hall–Kier alpha value is -2.08. The highest BCUT2D eigenvalue weighted by Gasteiger charge is 2.27. The molecular weight excluding hydrogens is 352 g/mol. The smallest absolute Gasteiger partial charge is 0.123 e. The first-order valence-electron chi connectivity index (χ1n) is 10.1.